The van der Waals surface area contributed by atoms with Gasteiger partial charge in [-0.1, -0.05) is 35.3 Å². The predicted molar refractivity (Wildman–Crippen MR) is 78.5 cm³/mol. The van der Waals surface area contributed by atoms with Gasteiger partial charge in [0.1, 0.15) is 5.82 Å². The number of rotatable bonds is 3. The van der Waals surface area contributed by atoms with Crippen molar-refractivity contribution in [2.45, 2.75) is 0 Å². The Bertz CT molecular complexity index is 696. The van der Waals surface area contributed by atoms with Gasteiger partial charge in [-0.15, -0.1) is 0 Å². The van der Waals surface area contributed by atoms with Gasteiger partial charge >= 0.3 is 5.97 Å². The summed E-state index contributed by atoms with van der Waals surface area (Å²) in [5.74, 6) is -1.64. The maximum atomic E-state index is 13.6. The summed E-state index contributed by atoms with van der Waals surface area (Å²) in [6.45, 7) is 0. The average molecular weight is 311 g/mol. The molecule has 0 aliphatic rings. The average Bonchev–Trinajstić information content (AvgIpc) is 2.38. The van der Waals surface area contributed by atoms with Gasteiger partial charge in [0, 0.05) is 27.2 Å². The summed E-state index contributed by atoms with van der Waals surface area (Å²) in [6, 6.07) is 9.37. The molecule has 2 aromatic rings. The molecule has 1 N–H and O–H groups in total. The van der Waals surface area contributed by atoms with Crippen LogP contribution in [0.15, 0.2) is 42.5 Å². The van der Waals surface area contributed by atoms with Crippen LogP contribution in [0.25, 0.3) is 17.2 Å². The van der Waals surface area contributed by atoms with Crippen molar-refractivity contribution in [2.75, 3.05) is 0 Å². The minimum atomic E-state index is -1.14. The molecule has 0 aromatic heterocycles. The summed E-state index contributed by atoms with van der Waals surface area (Å²) < 4.78 is 13.6. The number of hydrogen-bond donors (Lipinski definition) is 1. The van der Waals surface area contributed by atoms with Gasteiger partial charge in [-0.3, -0.25) is 0 Å². The van der Waals surface area contributed by atoms with Gasteiger partial charge in [0.05, 0.1) is 0 Å². The lowest BCUT2D eigenvalue weighted by atomic mass is 10.0. The lowest BCUT2D eigenvalue weighted by molar-refractivity contribution is -0.131. The first-order chi connectivity index (χ1) is 9.47. The highest BCUT2D eigenvalue weighted by Gasteiger charge is 2.07. The molecule has 102 valence electrons. The van der Waals surface area contributed by atoms with Crippen LogP contribution in [-0.2, 0) is 4.79 Å². The Hall–Kier alpha value is -1.84. The molecule has 2 aromatic carbocycles. The third-order valence-electron chi connectivity index (χ3n) is 2.64. The maximum absolute atomic E-state index is 13.6. The number of carboxylic acids is 1. The molecule has 0 bridgehead atoms. The molecule has 0 aliphatic heterocycles. The summed E-state index contributed by atoms with van der Waals surface area (Å²) in [4.78, 5) is 10.5. The first-order valence-electron chi connectivity index (χ1n) is 5.63. The monoisotopic (exact) mass is 310 g/mol. The first kappa shape index (κ1) is 14.6. The second-order valence-electron chi connectivity index (χ2n) is 4.03. The Morgan fingerprint density at radius 1 is 1.15 bits per heavy atom. The van der Waals surface area contributed by atoms with Crippen molar-refractivity contribution in [3.05, 3.63) is 63.9 Å². The van der Waals surface area contributed by atoms with Crippen LogP contribution in [0.4, 0.5) is 4.39 Å². The number of aliphatic carboxylic acids is 1. The van der Waals surface area contributed by atoms with Gasteiger partial charge in [0.25, 0.3) is 0 Å². The van der Waals surface area contributed by atoms with E-state index in [1.54, 1.807) is 24.3 Å². The molecule has 0 heterocycles. The Labute approximate surface area is 125 Å². The molecule has 0 amide bonds. The highest BCUT2D eigenvalue weighted by molar-refractivity contribution is 6.36. The fourth-order valence-electron chi connectivity index (χ4n) is 1.72. The quantitative estimate of drug-likeness (QED) is 0.819. The lowest BCUT2D eigenvalue weighted by Gasteiger charge is -2.07. The third kappa shape index (κ3) is 3.38. The zero-order valence-electron chi connectivity index (χ0n) is 10.1. The van der Waals surface area contributed by atoms with E-state index in [1.807, 2.05) is 0 Å². The number of carbonyl (C=O) groups is 1. The van der Waals surface area contributed by atoms with Crippen molar-refractivity contribution in [3.8, 4) is 11.1 Å². The SMILES string of the molecule is O=C(O)/C=C/c1cc(-c2ccc(Cl)cc2Cl)ccc1F. The van der Waals surface area contributed by atoms with Crippen LogP contribution in [0, 0.1) is 5.82 Å². The Morgan fingerprint density at radius 2 is 1.90 bits per heavy atom. The number of hydrogen-bond acceptors (Lipinski definition) is 1. The molecule has 0 spiro atoms. The second kappa shape index (κ2) is 6.07. The Balaban J connectivity index is 2.48. The van der Waals surface area contributed by atoms with E-state index in [9.17, 15) is 9.18 Å². The zero-order valence-corrected chi connectivity index (χ0v) is 11.6. The van der Waals surface area contributed by atoms with E-state index in [4.69, 9.17) is 28.3 Å². The standard InChI is InChI=1S/C15H9Cl2FO2/c16-11-3-4-12(13(17)8-11)9-1-5-14(18)10(7-9)2-6-15(19)20/h1-8H,(H,19,20)/b6-2+. The largest absolute Gasteiger partial charge is 0.478 e. The molecular weight excluding hydrogens is 302 g/mol. The number of benzene rings is 2. The van der Waals surface area contributed by atoms with Crippen LogP contribution in [0.3, 0.4) is 0 Å². The minimum absolute atomic E-state index is 0.177. The van der Waals surface area contributed by atoms with Crippen molar-refractivity contribution in [1.29, 1.82) is 0 Å². The van der Waals surface area contributed by atoms with Gasteiger partial charge in [-0.05, 0) is 35.9 Å². The van der Waals surface area contributed by atoms with Crippen molar-refractivity contribution >= 4 is 35.2 Å². The molecule has 5 heteroatoms. The molecule has 0 saturated carbocycles. The van der Waals surface area contributed by atoms with Crippen LogP contribution in [0.5, 0.6) is 0 Å². The molecule has 0 unspecified atom stereocenters. The topological polar surface area (TPSA) is 37.3 Å². The predicted octanol–water partition coefficient (Wildman–Crippen LogP) is 4.90. The van der Waals surface area contributed by atoms with Crippen LogP contribution >= 0.6 is 23.2 Å². The van der Waals surface area contributed by atoms with Gasteiger partial charge in [-0.25, -0.2) is 9.18 Å². The Morgan fingerprint density at radius 3 is 2.55 bits per heavy atom. The van der Waals surface area contributed by atoms with Crippen molar-refractivity contribution < 1.29 is 14.3 Å². The second-order valence-corrected chi connectivity index (χ2v) is 4.88. The molecule has 2 nitrogen and oxygen atoms in total. The normalized spacial score (nSPS) is 10.9. The number of halogens is 3. The van der Waals surface area contributed by atoms with E-state index in [0.717, 1.165) is 6.08 Å². The van der Waals surface area contributed by atoms with E-state index in [0.29, 0.717) is 21.2 Å². The van der Waals surface area contributed by atoms with Gasteiger partial charge < -0.3 is 5.11 Å². The van der Waals surface area contributed by atoms with E-state index in [1.165, 1.54) is 18.2 Å². The summed E-state index contributed by atoms with van der Waals surface area (Å²) >= 11 is 11.9. The summed E-state index contributed by atoms with van der Waals surface area (Å²) in [7, 11) is 0. The molecule has 20 heavy (non-hydrogen) atoms. The van der Waals surface area contributed by atoms with E-state index >= 15 is 0 Å². The van der Waals surface area contributed by atoms with Crippen molar-refractivity contribution in [3.63, 3.8) is 0 Å². The molecule has 2 rings (SSSR count). The van der Waals surface area contributed by atoms with Crippen molar-refractivity contribution in [2.24, 2.45) is 0 Å². The summed E-state index contributed by atoms with van der Waals surface area (Å²) in [5, 5.41) is 9.53. The minimum Gasteiger partial charge on any atom is -0.478 e. The molecule has 0 fully saturated rings. The Kier molecular flexibility index (Phi) is 4.42. The third-order valence-corrected chi connectivity index (χ3v) is 3.19. The zero-order chi connectivity index (χ0) is 14.7. The van der Waals surface area contributed by atoms with E-state index < -0.39 is 11.8 Å². The van der Waals surface area contributed by atoms with Crippen LogP contribution < -0.4 is 0 Å². The van der Waals surface area contributed by atoms with Gasteiger partial charge in [0.15, 0.2) is 0 Å². The van der Waals surface area contributed by atoms with Crippen molar-refractivity contribution in [1.82, 2.24) is 0 Å². The highest BCUT2D eigenvalue weighted by atomic mass is 35.5. The number of carboxylic acid groups (broad SMARTS) is 1. The summed E-state index contributed by atoms with van der Waals surface area (Å²) in [6.07, 6.45) is 2.08. The van der Waals surface area contributed by atoms with E-state index in [-0.39, 0.29) is 5.56 Å². The molecular formula is C15H9Cl2FO2. The molecule has 0 aliphatic carbocycles. The molecule has 0 saturated heterocycles. The van der Waals surface area contributed by atoms with E-state index in [2.05, 4.69) is 0 Å². The smallest absolute Gasteiger partial charge is 0.328 e. The van der Waals surface area contributed by atoms with Crippen LogP contribution in [-0.4, -0.2) is 11.1 Å². The highest BCUT2D eigenvalue weighted by Crippen LogP contribution is 2.31. The van der Waals surface area contributed by atoms with Crippen LogP contribution in [0.2, 0.25) is 10.0 Å². The fraction of sp³-hybridized carbons (Fsp3) is 0. The fourth-order valence-corrected chi connectivity index (χ4v) is 2.24. The van der Waals surface area contributed by atoms with Gasteiger partial charge in [-0.2, -0.15) is 0 Å². The molecule has 0 atom stereocenters. The first-order valence-corrected chi connectivity index (χ1v) is 6.39. The van der Waals surface area contributed by atoms with Gasteiger partial charge in [0.2, 0.25) is 0 Å². The van der Waals surface area contributed by atoms with Crippen LogP contribution in [0.1, 0.15) is 5.56 Å². The molecule has 0 radical (unpaired) electrons. The summed E-state index contributed by atoms with van der Waals surface area (Å²) in [5.41, 5.74) is 1.55. The lowest BCUT2D eigenvalue weighted by Crippen LogP contribution is -1.89. The maximum Gasteiger partial charge on any atom is 0.328 e.